The molecule has 1 spiro atoms. The first-order valence-electron chi connectivity index (χ1n) is 12.0. The maximum absolute atomic E-state index is 14.5. The summed E-state index contributed by atoms with van der Waals surface area (Å²) in [5.41, 5.74) is -0.349. The number of aromatic nitrogens is 4. The molecule has 1 saturated heterocycles. The minimum atomic E-state index is -4.42. The number of piperazine rings is 1. The molecule has 4 aromatic rings. The van der Waals surface area contributed by atoms with E-state index in [1.54, 1.807) is 6.20 Å². The van der Waals surface area contributed by atoms with Gasteiger partial charge in [-0.05, 0) is 38.8 Å². The van der Waals surface area contributed by atoms with Crippen molar-refractivity contribution < 1.29 is 21.2 Å². The van der Waals surface area contributed by atoms with Crippen LogP contribution in [0.25, 0.3) is 10.9 Å². The molecule has 0 N–H and O–H groups in total. The first kappa shape index (κ1) is 26.8. The predicted molar refractivity (Wildman–Crippen MR) is 150 cm³/mol. The molecule has 1 aromatic carbocycles. The van der Waals surface area contributed by atoms with Crippen LogP contribution in [0, 0.1) is 5.82 Å². The van der Waals surface area contributed by atoms with Gasteiger partial charge in [0.1, 0.15) is 15.0 Å². The lowest BCUT2D eigenvalue weighted by Gasteiger charge is -2.42. The summed E-state index contributed by atoms with van der Waals surface area (Å²) in [6.45, 7) is 4.71. The van der Waals surface area contributed by atoms with E-state index in [0.29, 0.717) is 35.2 Å². The third-order valence-corrected chi connectivity index (χ3v) is 12.2. The summed E-state index contributed by atoms with van der Waals surface area (Å²) in [6.07, 6.45) is 5.50. The zero-order valence-electron chi connectivity index (χ0n) is 20.8. The number of hydrogen-bond donors (Lipinski definition) is 0. The minimum Gasteiger partial charge on any atom is -0.345 e. The maximum atomic E-state index is 14.5. The van der Waals surface area contributed by atoms with E-state index in [1.165, 1.54) is 37.4 Å². The Labute approximate surface area is 238 Å². The Bertz CT molecular complexity index is 1830. The Kier molecular flexibility index (Phi) is 6.23. The molecular weight excluding hydrogens is 610 g/mol. The van der Waals surface area contributed by atoms with Crippen LogP contribution in [-0.2, 0) is 20.0 Å². The zero-order valence-corrected chi connectivity index (χ0v) is 24.7. The maximum Gasteiger partial charge on any atom is 0.285 e. The first-order valence-corrected chi connectivity index (χ1v) is 16.5. The molecule has 0 amide bonds. The number of fused-ring (bicyclic) bond motifs is 1. The molecule has 2 aliphatic rings. The lowest BCUT2D eigenvalue weighted by atomic mass is 10.1. The molecule has 6 rings (SSSR count). The second-order valence-electron chi connectivity index (χ2n) is 9.97. The summed E-state index contributed by atoms with van der Waals surface area (Å²) >= 11 is 14.0. The summed E-state index contributed by atoms with van der Waals surface area (Å²) in [7, 11) is -8.20. The number of thiazole rings is 1. The van der Waals surface area contributed by atoms with E-state index in [4.69, 9.17) is 23.2 Å². The van der Waals surface area contributed by atoms with Gasteiger partial charge in [-0.2, -0.15) is 12.5 Å². The number of rotatable bonds is 6. The van der Waals surface area contributed by atoms with Gasteiger partial charge in [-0.1, -0.05) is 34.5 Å². The van der Waals surface area contributed by atoms with Crippen molar-refractivity contribution in [1.29, 1.82) is 0 Å². The van der Waals surface area contributed by atoms with Gasteiger partial charge in [-0.25, -0.2) is 17.8 Å². The second kappa shape index (κ2) is 9.06. The van der Waals surface area contributed by atoms with E-state index in [-0.39, 0.29) is 21.0 Å². The van der Waals surface area contributed by atoms with Crippen molar-refractivity contribution >= 4 is 76.4 Å². The van der Waals surface area contributed by atoms with Gasteiger partial charge in [0.25, 0.3) is 10.0 Å². The van der Waals surface area contributed by atoms with Gasteiger partial charge in [0.15, 0.2) is 10.9 Å². The summed E-state index contributed by atoms with van der Waals surface area (Å²) in [6, 6.07) is 3.39. The highest BCUT2D eigenvalue weighted by Gasteiger charge is 2.53. The molecule has 2 fully saturated rings. The Balaban J connectivity index is 1.45. The van der Waals surface area contributed by atoms with E-state index < -0.39 is 31.1 Å². The van der Waals surface area contributed by atoms with Crippen LogP contribution in [-0.4, -0.2) is 65.4 Å². The summed E-state index contributed by atoms with van der Waals surface area (Å²) in [5.74, 6) is -0.385. The molecule has 1 saturated carbocycles. The smallest absolute Gasteiger partial charge is 0.285 e. The van der Waals surface area contributed by atoms with E-state index in [2.05, 4.69) is 15.0 Å². The van der Waals surface area contributed by atoms with Gasteiger partial charge >= 0.3 is 0 Å². The largest absolute Gasteiger partial charge is 0.345 e. The number of hydrogen-bond acceptors (Lipinski definition) is 9. The molecule has 3 aromatic heterocycles. The summed E-state index contributed by atoms with van der Waals surface area (Å²) < 4.78 is 69.5. The van der Waals surface area contributed by atoms with Crippen LogP contribution in [0.15, 0.2) is 41.7 Å². The fourth-order valence-electron chi connectivity index (χ4n) is 4.94. The third kappa shape index (κ3) is 4.31. The van der Waals surface area contributed by atoms with Crippen LogP contribution in [0.2, 0.25) is 9.36 Å². The molecule has 1 aliphatic heterocycles. The van der Waals surface area contributed by atoms with Crippen molar-refractivity contribution in [2.45, 2.75) is 42.4 Å². The Morgan fingerprint density at radius 1 is 1.13 bits per heavy atom. The molecule has 16 heteroatoms. The second-order valence-corrected chi connectivity index (χ2v) is 16.2. The number of anilines is 2. The van der Waals surface area contributed by atoms with Gasteiger partial charge in [-0.3, -0.25) is 3.97 Å². The summed E-state index contributed by atoms with van der Waals surface area (Å²) in [4.78, 5) is 8.29. The van der Waals surface area contributed by atoms with Crippen molar-refractivity contribution in [3.63, 3.8) is 0 Å². The van der Waals surface area contributed by atoms with Gasteiger partial charge < -0.3 is 9.80 Å². The number of benzene rings is 1. The zero-order chi connectivity index (χ0) is 27.9. The Morgan fingerprint density at radius 2 is 1.87 bits per heavy atom. The van der Waals surface area contributed by atoms with Gasteiger partial charge in [-0.15, -0.1) is 5.10 Å². The van der Waals surface area contributed by atoms with Crippen LogP contribution in [0.3, 0.4) is 0 Å². The molecule has 10 nitrogen and oxygen atoms in total. The fraction of sp³-hybridized carbons (Fsp3) is 0.391. The molecule has 0 unspecified atom stereocenters. The molecule has 4 heterocycles. The lowest BCUT2D eigenvalue weighted by molar-refractivity contribution is 0.504. The SMILES string of the molecule is CC(C)S(=O)(=O)n1ccc(S(=O)(=O)n2nc(N3CCN(c4ncc(Cl)s4)CC34CC4)c3c(Cl)cc(F)cc32)c1. The molecule has 0 bridgehead atoms. The quantitative estimate of drug-likeness (QED) is 0.307. The van der Waals surface area contributed by atoms with Gasteiger partial charge in [0, 0.05) is 38.1 Å². The fourth-order valence-corrected chi connectivity index (χ4v) is 8.47. The van der Waals surface area contributed by atoms with Crippen molar-refractivity contribution in [2.75, 3.05) is 29.4 Å². The third-order valence-electron chi connectivity index (χ3n) is 7.17. The predicted octanol–water partition coefficient (Wildman–Crippen LogP) is 4.42. The van der Waals surface area contributed by atoms with E-state index in [0.717, 1.165) is 44.4 Å². The Morgan fingerprint density at radius 3 is 2.51 bits per heavy atom. The Hall–Kier alpha value is -2.39. The van der Waals surface area contributed by atoms with Gasteiger partial charge in [0.2, 0.25) is 10.0 Å². The number of halogens is 3. The van der Waals surface area contributed by atoms with Crippen molar-refractivity contribution in [1.82, 2.24) is 18.1 Å². The molecule has 0 atom stereocenters. The average Bonchev–Trinajstić information content (AvgIpc) is 3.26. The van der Waals surface area contributed by atoms with Crippen LogP contribution in [0.1, 0.15) is 26.7 Å². The minimum absolute atomic E-state index is 0.0283. The molecule has 1 aliphatic carbocycles. The summed E-state index contributed by atoms with van der Waals surface area (Å²) in [5, 5.41) is 4.89. The molecule has 39 heavy (non-hydrogen) atoms. The topological polar surface area (TPSA) is 110 Å². The molecular formula is C23H23Cl2FN6O4S3. The highest BCUT2D eigenvalue weighted by atomic mass is 35.5. The van der Waals surface area contributed by atoms with E-state index in [1.807, 2.05) is 4.90 Å². The molecule has 208 valence electrons. The standard InChI is InChI=1S/C23H23Cl2FN6O4S3/c1-14(2)38(33,34)30-6-3-16(12-30)39(35,36)32-18-10-15(26)9-17(24)20(18)21(28-32)31-8-7-29(13-23(31)4-5-23)22-27-11-19(25)37-22/h3,6,9-12,14H,4-5,7-8,13H2,1-2H3. The van der Waals surface area contributed by atoms with Crippen LogP contribution >= 0.6 is 34.5 Å². The first-order chi connectivity index (χ1) is 18.3. The molecule has 0 radical (unpaired) electrons. The van der Waals surface area contributed by atoms with Crippen LogP contribution in [0.5, 0.6) is 0 Å². The normalized spacial score (nSPS) is 17.6. The van der Waals surface area contributed by atoms with Crippen molar-refractivity contribution in [3.05, 3.63) is 52.0 Å². The van der Waals surface area contributed by atoms with Crippen LogP contribution in [0.4, 0.5) is 15.3 Å². The highest BCUT2D eigenvalue weighted by molar-refractivity contribution is 7.91. The monoisotopic (exact) mass is 632 g/mol. The van der Waals surface area contributed by atoms with E-state index >= 15 is 0 Å². The van der Waals surface area contributed by atoms with Crippen LogP contribution < -0.4 is 9.80 Å². The van der Waals surface area contributed by atoms with Crippen molar-refractivity contribution in [2.24, 2.45) is 0 Å². The average molecular weight is 634 g/mol. The van der Waals surface area contributed by atoms with E-state index in [9.17, 15) is 21.2 Å². The highest BCUT2D eigenvalue weighted by Crippen LogP contribution is 2.49. The number of nitrogens with zero attached hydrogens (tertiary/aromatic N) is 6. The van der Waals surface area contributed by atoms with Crippen molar-refractivity contribution in [3.8, 4) is 0 Å². The van der Waals surface area contributed by atoms with Gasteiger partial charge in [0.05, 0.1) is 32.9 Å². The lowest BCUT2D eigenvalue weighted by Crippen LogP contribution is -2.55.